The fourth-order valence-corrected chi connectivity index (χ4v) is 3.24. The van der Waals surface area contributed by atoms with Crippen LogP contribution in [0.25, 0.3) is 10.3 Å². The summed E-state index contributed by atoms with van der Waals surface area (Å²) in [4.78, 5) is 22.1. The van der Waals surface area contributed by atoms with Crippen molar-refractivity contribution in [3.8, 4) is 6.07 Å². The zero-order chi connectivity index (χ0) is 14.8. The Kier molecular flexibility index (Phi) is 3.51. The summed E-state index contributed by atoms with van der Waals surface area (Å²) in [5, 5.41) is 18.1. The van der Waals surface area contributed by atoms with Crippen molar-refractivity contribution >= 4 is 50.4 Å². The van der Waals surface area contributed by atoms with E-state index in [0.29, 0.717) is 32.3 Å². The molecule has 3 rings (SSSR count). The van der Waals surface area contributed by atoms with Crippen LogP contribution in [-0.2, 0) is 0 Å². The van der Waals surface area contributed by atoms with Gasteiger partial charge in [-0.1, -0.05) is 0 Å². The van der Waals surface area contributed by atoms with E-state index in [4.69, 9.17) is 5.26 Å². The van der Waals surface area contributed by atoms with Gasteiger partial charge in [0.1, 0.15) is 27.1 Å². The fourth-order valence-electron chi connectivity index (χ4n) is 1.78. The molecule has 0 saturated heterocycles. The van der Waals surface area contributed by atoms with Gasteiger partial charge in [-0.25, -0.2) is 9.97 Å². The second-order valence-corrected chi connectivity index (χ2v) is 5.81. The lowest BCUT2D eigenvalue weighted by atomic mass is 10.2. The summed E-state index contributed by atoms with van der Waals surface area (Å²) in [7, 11) is 1.74. The first-order valence-corrected chi connectivity index (χ1v) is 7.70. The maximum Gasteiger partial charge on any atom is 0.258 e. The second-order valence-electron chi connectivity index (χ2n) is 4.04. The Morgan fingerprint density at radius 1 is 1.43 bits per heavy atom. The molecule has 0 atom stereocenters. The third-order valence-electron chi connectivity index (χ3n) is 2.80. The van der Waals surface area contributed by atoms with Gasteiger partial charge in [0.05, 0.1) is 17.4 Å². The van der Waals surface area contributed by atoms with E-state index in [0.717, 1.165) is 0 Å². The van der Waals surface area contributed by atoms with Gasteiger partial charge >= 0.3 is 0 Å². The van der Waals surface area contributed by atoms with E-state index in [-0.39, 0.29) is 5.91 Å². The number of nitrogens with zero attached hydrogens (tertiary/aromatic N) is 3. The highest BCUT2D eigenvalue weighted by Crippen LogP contribution is 2.26. The summed E-state index contributed by atoms with van der Waals surface area (Å²) in [6.07, 6.45) is 1.62. The van der Waals surface area contributed by atoms with E-state index in [9.17, 15) is 4.79 Å². The van der Waals surface area contributed by atoms with Gasteiger partial charge in [0.15, 0.2) is 0 Å². The number of nitrogens with one attached hydrogen (secondary N) is 2. The number of carbonyl (C=O) groups excluding carboxylic acids is 1. The van der Waals surface area contributed by atoms with Crippen molar-refractivity contribution in [2.24, 2.45) is 0 Å². The molecular formula is C13H9N5OS2. The van der Waals surface area contributed by atoms with Crippen molar-refractivity contribution in [3.05, 3.63) is 33.5 Å². The van der Waals surface area contributed by atoms with Crippen LogP contribution >= 0.6 is 22.7 Å². The SMILES string of the molecule is CNc1cnc2scc(C(=O)Nc3ccsc3C#N)c2n1. The lowest BCUT2D eigenvalue weighted by Gasteiger charge is -2.03. The van der Waals surface area contributed by atoms with Gasteiger partial charge in [-0.15, -0.1) is 22.7 Å². The van der Waals surface area contributed by atoms with Gasteiger partial charge in [0, 0.05) is 12.4 Å². The minimum absolute atomic E-state index is 0.293. The second kappa shape index (κ2) is 5.47. The summed E-state index contributed by atoms with van der Waals surface area (Å²) in [6, 6.07) is 3.76. The fraction of sp³-hybridized carbons (Fsp3) is 0.0769. The number of amides is 1. The number of nitriles is 1. The van der Waals surface area contributed by atoms with Crippen molar-refractivity contribution in [1.82, 2.24) is 9.97 Å². The van der Waals surface area contributed by atoms with Gasteiger partial charge in [-0.2, -0.15) is 5.26 Å². The van der Waals surface area contributed by atoms with Crippen LogP contribution in [-0.4, -0.2) is 22.9 Å². The van der Waals surface area contributed by atoms with E-state index < -0.39 is 0 Å². The van der Waals surface area contributed by atoms with Crippen LogP contribution < -0.4 is 10.6 Å². The molecule has 0 fully saturated rings. The van der Waals surface area contributed by atoms with Gasteiger partial charge < -0.3 is 10.6 Å². The normalized spacial score (nSPS) is 10.3. The monoisotopic (exact) mass is 315 g/mol. The molecule has 0 radical (unpaired) electrons. The predicted molar refractivity (Wildman–Crippen MR) is 83.9 cm³/mol. The summed E-state index contributed by atoms with van der Waals surface area (Å²) >= 11 is 2.65. The third-order valence-corrected chi connectivity index (χ3v) is 4.49. The summed E-state index contributed by atoms with van der Waals surface area (Å²) in [6.45, 7) is 0. The molecule has 1 amide bonds. The number of carbonyl (C=O) groups is 1. The average molecular weight is 315 g/mol. The van der Waals surface area contributed by atoms with Crippen molar-refractivity contribution in [3.63, 3.8) is 0 Å². The Hall–Kier alpha value is -2.50. The van der Waals surface area contributed by atoms with E-state index in [1.54, 1.807) is 30.1 Å². The average Bonchev–Trinajstić information content (AvgIpc) is 3.12. The zero-order valence-corrected chi connectivity index (χ0v) is 12.5. The maximum atomic E-state index is 12.4. The molecule has 0 bridgehead atoms. The zero-order valence-electron chi connectivity index (χ0n) is 10.9. The number of aromatic nitrogens is 2. The van der Waals surface area contributed by atoms with Gasteiger partial charge in [0.2, 0.25) is 0 Å². The van der Waals surface area contributed by atoms with Crippen molar-refractivity contribution in [2.75, 3.05) is 17.7 Å². The van der Waals surface area contributed by atoms with Crippen LogP contribution in [0.1, 0.15) is 15.2 Å². The van der Waals surface area contributed by atoms with E-state index in [1.165, 1.54) is 22.7 Å². The lowest BCUT2D eigenvalue weighted by Crippen LogP contribution is -2.12. The molecule has 3 aromatic heterocycles. The Labute approximate surface area is 128 Å². The Balaban J connectivity index is 1.96. The molecule has 0 unspecified atom stereocenters. The quantitative estimate of drug-likeness (QED) is 0.775. The Morgan fingerprint density at radius 2 is 2.29 bits per heavy atom. The molecule has 3 aromatic rings. The number of fused-ring (bicyclic) bond motifs is 1. The molecule has 0 aromatic carbocycles. The number of thiophene rings is 2. The summed E-state index contributed by atoms with van der Waals surface area (Å²) in [5.41, 5.74) is 1.53. The lowest BCUT2D eigenvalue weighted by molar-refractivity contribution is 0.102. The molecule has 0 saturated carbocycles. The smallest absolute Gasteiger partial charge is 0.258 e. The topological polar surface area (TPSA) is 90.7 Å². The molecular weight excluding hydrogens is 306 g/mol. The molecule has 3 heterocycles. The van der Waals surface area contributed by atoms with Crippen LogP contribution in [0.3, 0.4) is 0 Å². The number of hydrogen-bond acceptors (Lipinski definition) is 7. The Morgan fingerprint density at radius 3 is 3.05 bits per heavy atom. The van der Waals surface area contributed by atoms with Crippen LogP contribution in [0.4, 0.5) is 11.5 Å². The maximum absolute atomic E-state index is 12.4. The van der Waals surface area contributed by atoms with E-state index in [1.807, 2.05) is 0 Å². The molecule has 21 heavy (non-hydrogen) atoms. The standard InChI is InChI=1S/C13H9N5OS2/c1-15-10-5-16-13-11(18-10)7(6-21-13)12(19)17-8-2-3-20-9(8)4-14/h2-3,5-6H,1H3,(H,15,18)(H,17,19). The molecule has 6 nitrogen and oxygen atoms in total. The number of hydrogen-bond donors (Lipinski definition) is 2. The van der Waals surface area contributed by atoms with Gasteiger partial charge in [-0.3, -0.25) is 4.79 Å². The first-order chi connectivity index (χ1) is 10.2. The molecule has 8 heteroatoms. The third kappa shape index (κ3) is 2.44. The van der Waals surface area contributed by atoms with Gasteiger partial charge in [0.25, 0.3) is 5.91 Å². The first-order valence-electron chi connectivity index (χ1n) is 5.94. The van der Waals surface area contributed by atoms with Crippen LogP contribution in [0.15, 0.2) is 23.0 Å². The van der Waals surface area contributed by atoms with Crippen LogP contribution in [0, 0.1) is 11.3 Å². The highest BCUT2D eigenvalue weighted by Gasteiger charge is 2.16. The van der Waals surface area contributed by atoms with Gasteiger partial charge in [-0.05, 0) is 11.4 Å². The Bertz CT molecular complexity index is 861. The van der Waals surface area contributed by atoms with Crippen LogP contribution in [0.2, 0.25) is 0 Å². The molecule has 0 aliphatic heterocycles. The van der Waals surface area contributed by atoms with Crippen molar-refractivity contribution in [2.45, 2.75) is 0 Å². The number of anilines is 2. The molecule has 104 valence electrons. The molecule has 0 spiro atoms. The first kappa shape index (κ1) is 13.5. The molecule has 2 N–H and O–H groups in total. The van der Waals surface area contributed by atoms with Crippen molar-refractivity contribution < 1.29 is 4.79 Å². The molecule has 0 aliphatic rings. The summed E-state index contributed by atoms with van der Waals surface area (Å²) in [5.74, 6) is 0.307. The minimum Gasteiger partial charge on any atom is -0.372 e. The van der Waals surface area contributed by atoms with E-state index in [2.05, 4.69) is 26.7 Å². The highest BCUT2D eigenvalue weighted by molar-refractivity contribution is 7.17. The molecule has 0 aliphatic carbocycles. The number of rotatable bonds is 3. The largest absolute Gasteiger partial charge is 0.372 e. The summed E-state index contributed by atoms with van der Waals surface area (Å²) < 4.78 is 0. The highest BCUT2D eigenvalue weighted by atomic mass is 32.1. The predicted octanol–water partition coefficient (Wildman–Crippen LogP) is 2.92. The minimum atomic E-state index is -0.293. The van der Waals surface area contributed by atoms with Crippen molar-refractivity contribution in [1.29, 1.82) is 5.26 Å². The van der Waals surface area contributed by atoms with Crippen LogP contribution in [0.5, 0.6) is 0 Å². The van der Waals surface area contributed by atoms with E-state index >= 15 is 0 Å².